The van der Waals surface area contributed by atoms with E-state index >= 15 is 0 Å². The Hall–Kier alpha value is -1.42. The van der Waals surface area contributed by atoms with Crippen LogP contribution in [0.25, 0.3) is 0 Å². The SMILES string of the molecule is CC(=O)N(C)C(C(N)=S)c1ccccc1C. The summed E-state index contributed by atoms with van der Waals surface area (Å²) in [6.07, 6.45) is 0. The molecule has 0 fully saturated rings. The van der Waals surface area contributed by atoms with Crippen molar-refractivity contribution in [2.45, 2.75) is 19.9 Å². The molecule has 1 rings (SSSR count). The number of aryl methyl sites for hydroxylation is 1. The Morgan fingerprint density at radius 1 is 1.44 bits per heavy atom. The molecule has 0 aromatic heterocycles. The van der Waals surface area contributed by atoms with E-state index < -0.39 is 0 Å². The molecule has 0 aliphatic rings. The van der Waals surface area contributed by atoms with Crippen molar-refractivity contribution in [2.75, 3.05) is 7.05 Å². The lowest BCUT2D eigenvalue weighted by atomic mass is 10.0. The highest BCUT2D eigenvalue weighted by Crippen LogP contribution is 2.23. The molecule has 2 N–H and O–H groups in total. The summed E-state index contributed by atoms with van der Waals surface area (Å²) in [5.41, 5.74) is 7.77. The first-order chi connectivity index (χ1) is 7.45. The molecule has 0 saturated carbocycles. The third-order valence-electron chi connectivity index (χ3n) is 2.64. The van der Waals surface area contributed by atoms with Gasteiger partial charge in [-0.1, -0.05) is 36.5 Å². The van der Waals surface area contributed by atoms with Gasteiger partial charge in [-0.25, -0.2) is 0 Å². The zero-order valence-corrected chi connectivity index (χ0v) is 10.5. The highest BCUT2D eigenvalue weighted by atomic mass is 32.1. The Balaban J connectivity index is 3.18. The van der Waals surface area contributed by atoms with Crippen molar-refractivity contribution < 1.29 is 4.79 Å². The highest BCUT2D eigenvalue weighted by molar-refractivity contribution is 7.80. The number of nitrogens with two attached hydrogens (primary N) is 1. The molecule has 1 amide bonds. The van der Waals surface area contributed by atoms with Crippen LogP contribution in [0.1, 0.15) is 24.1 Å². The van der Waals surface area contributed by atoms with Gasteiger partial charge < -0.3 is 10.6 Å². The Labute approximate surface area is 101 Å². The number of amides is 1. The van der Waals surface area contributed by atoms with Gasteiger partial charge in [-0.3, -0.25) is 4.79 Å². The summed E-state index contributed by atoms with van der Waals surface area (Å²) in [6, 6.07) is 7.46. The van der Waals surface area contributed by atoms with Gasteiger partial charge in [0.1, 0.15) is 11.0 Å². The van der Waals surface area contributed by atoms with Crippen molar-refractivity contribution in [1.29, 1.82) is 0 Å². The molecule has 0 aliphatic carbocycles. The number of carbonyl (C=O) groups excluding carboxylic acids is 1. The number of rotatable bonds is 3. The van der Waals surface area contributed by atoms with Gasteiger partial charge in [-0.2, -0.15) is 0 Å². The molecule has 0 radical (unpaired) electrons. The van der Waals surface area contributed by atoms with Gasteiger partial charge in [-0.15, -0.1) is 0 Å². The topological polar surface area (TPSA) is 46.3 Å². The van der Waals surface area contributed by atoms with Gasteiger partial charge in [0.25, 0.3) is 0 Å². The van der Waals surface area contributed by atoms with Crippen LogP contribution in [0, 0.1) is 6.92 Å². The molecule has 0 aliphatic heterocycles. The molecule has 0 saturated heterocycles. The number of carbonyl (C=O) groups is 1. The molecule has 1 aromatic carbocycles. The third kappa shape index (κ3) is 2.58. The smallest absolute Gasteiger partial charge is 0.220 e. The number of likely N-dealkylation sites (N-methyl/N-ethyl adjacent to an activating group) is 1. The van der Waals surface area contributed by atoms with E-state index in [2.05, 4.69) is 0 Å². The van der Waals surface area contributed by atoms with E-state index in [1.165, 1.54) is 6.92 Å². The van der Waals surface area contributed by atoms with E-state index in [0.717, 1.165) is 11.1 Å². The van der Waals surface area contributed by atoms with Crippen LogP contribution in [0.5, 0.6) is 0 Å². The summed E-state index contributed by atoms with van der Waals surface area (Å²) < 4.78 is 0. The maximum Gasteiger partial charge on any atom is 0.220 e. The first-order valence-corrected chi connectivity index (χ1v) is 5.44. The van der Waals surface area contributed by atoms with Crippen LogP contribution in [0.3, 0.4) is 0 Å². The van der Waals surface area contributed by atoms with Crippen LogP contribution in [0.4, 0.5) is 0 Å². The number of hydrogen-bond donors (Lipinski definition) is 1. The van der Waals surface area contributed by atoms with Gasteiger partial charge in [0, 0.05) is 14.0 Å². The van der Waals surface area contributed by atoms with Crippen molar-refractivity contribution in [1.82, 2.24) is 4.90 Å². The van der Waals surface area contributed by atoms with Gasteiger partial charge in [-0.05, 0) is 18.1 Å². The molecule has 0 heterocycles. The van der Waals surface area contributed by atoms with Gasteiger partial charge >= 0.3 is 0 Å². The van der Waals surface area contributed by atoms with E-state index in [9.17, 15) is 4.79 Å². The van der Waals surface area contributed by atoms with E-state index in [4.69, 9.17) is 18.0 Å². The molecule has 1 aromatic rings. The van der Waals surface area contributed by atoms with Crippen molar-refractivity contribution in [2.24, 2.45) is 5.73 Å². The van der Waals surface area contributed by atoms with Crippen LogP contribution in [0.15, 0.2) is 24.3 Å². The van der Waals surface area contributed by atoms with Gasteiger partial charge in [0.05, 0.1) is 0 Å². The maximum absolute atomic E-state index is 11.4. The number of hydrogen-bond acceptors (Lipinski definition) is 2. The molecule has 1 atom stereocenters. The van der Waals surface area contributed by atoms with E-state index in [1.807, 2.05) is 31.2 Å². The molecule has 3 nitrogen and oxygen atoms in total. The Bertz CT molecular complexity index is 417. The Kier molecular flexibility index (Phi) is 4.01. The second-order valence-electron chi connectivity index (χ2n) is 3.79. The summed E-state index contributed by atoms with van der Waals surface area (Å²) in [6.45, 7) is 3.48. The fourth-order valence-corrected chi connectivity index (χ4v) is 1.91. The van der Waals surface area contributed by atoms with Crippen LogP contribution >= 0.6 is 12.2 Å². The minimum absolute atomic E-state index is 0.0546. The van der Waals surface area contributed by atoms with Crippen LogP contribution < -0.4 is 5.73 Å². The first kappa shape index (κ1) is 12.6. The average molecular weight is 236 g/mol. The molecule has 0 bridgehead atoms. The monoisotopic (exact) mass is 236 g/mol. The zero-order valence-electron chi connectivity index (χ0n) is 9.73. The largest absolute Gasteiger partial charge is 0.391 e. The molecule has 1 unspecified atom stereocenters. The maximum atomic E-state index is 11.4. The third-order valence-corrected chi connectivity index (χ3v) is 2.86. The standard InChI is InChI=1S/C12H16N2OS/c1-8-6-4-5-7-10(8)11(12(13)16)14(3)9(2)15/h4-7,11H,1-3H3,(H2,13,16). The summed E-state index contributed by atoms with van der Waals surface area (Å²) in [5, 5.41) is 0. The fourth-order valence-electron chi connectivity index (χ4n) is 1.63. The lowest BCUT2D eigenvalue weighted by molar-refractivity contribution is -0.128. The lowest BCUT2D eigenvalue weighted by Crippen LogP contribution is -2.37. The van der Waals surface area contributed by atoms with Crippen molar-refractivity contribution in [3.8, 4) is 0 Å². The Morgan fingerprint density at radius 3 is 2.44 bits per heavy atom. The molecule has 16 heavy (non-hydrogen) atoms. The van der Waals surface area contributed by atoms with Gasteiger partial charge in [0.15, 0.2) is 0 Å². The lowest BCUT2D eigenvalue weighted by Gasteiger charge is -2.27. The second kappa shape index (κ2) is 5.07. The van der Waals surface area contributed by atoms with Crippen molar-refractivity contribution >= 4 is 23.1 Å². The van der Waals surface area contributed by atoms with Crippen molar-refractivity contribution in [3.05, 3.63) is 35.4 Å². The summed E-state index contributed by atoms with van der Waals surface area (Å²) in [7, 11) is 1.71. The molecule has 4 heteroatoms. The summed E-state index contributed by atoms with van der Waals surface area (Å²) in [4.78, 5) is 13.3. The predicted octanol–water partition coefficient (Wildman–Crippen LogP) is 1.80. The van der Waals surface area contributed by atoms with Crippen LogP contribution in [-0.2, 0) is 4.79 Å². The highest BCUT2D eigenvalue weighted by Gasteiger charge is 2.22. The molecule has 0 spiro atoms. The molecular formula is C12H16N2OS. The number of benzene rings is 1. The second-order valence-corrected chi connectivity index (χ2v) is 4.26. The van der Waals surface area contributed by atoms with E-state index in [-0.39, 0.29) is 11.9 Å². The average Bonchev–Trinajstić information content (AvgIpc) is 2.20. The predicted molar refractivity (Wildman–Crippen MR) is 69.1 cm³/mol. The van der Waals surface area contributed by atoms with E-state index in [1.54, 1.807) is 11.9 Å². The minimum Gasteiger partial charge on any atom is -0.391 e. The number of nitrogens with zero attached hydrogens (tertiary/aromatic N) is 1. The Morgan fingerprint density at radius 2 is 2.00 bits per heavy atom. The molecule has 86 valence electrons. The van der Waals surface area contributed by atoms with E-state index in [0.29, 0.717) is 4.99 Å². The molecular weight excluding hydrogens is 220 g/mol. The quantitative estimate of drug-likeness (QED) is 0.814. The minimum atomic E-state index is -0.325. The number of thiocarbonyl (C=S) groups is 1. The van der Waals surface area contributed by atoms with Crippen LogP contribution in [-0.4, -0.2) is 22.8 Å². The summed E-state index contributed by atoms with van der Waals surface area (Å²) in [5.74, 6) is -0.0546. The van der Waals surface area contributed by atoms with Gasteiger partial charge in [0.2, 0.25) is 5.91 Å². The van der Waals surface area contributed by atoms with Crippen molar-refractivity contribution in [3.63, 3.8) is 0 Å². The zero-order chi connectivity index (χ0) is 12.3. The summed E-state index contributed by atoms with van der Waals surface area (Å²) >= 11 is 5.04. The fraction of sp³-hybridized carbons (Fsp3) is 0.333. The van der Waals surface area contributed by atoms with Crippen LogP contribution in [0.2, 0.25) is 0 Å². The normalized spacial score (nSPS) is 11.9. The first-order valence-electron chi connectivity index (χ1n) is 5.03.